The molecule has 5 aromatic rings. The van der Waals surface area contributed by atoms with Gasteiger partial charge < -0.3 is 9.67 Å². The van der Waals surface area contributed by atoms with Crippen LogP contribution in [0.4, 0.5) is 0 Å². The number of para-hydroxylation sites is 2. The number of aromatic carboxylic acids is 1. The van der Waals surface area contributed by atoms with Crippen LogP contribution in [0.25, 0.3) is 27.8 Å². The first-order valence-electron chi connectivity index (χ1n) is 9.38. The summed E-state index contributed by atoms with van der Waals surface area (Å²) in [5, 5.41) is 9.11. The second-order valence-electron chi connectivity index (χ2n) is 7.15. The number of rotatable bonds is 3. The van der Waals surface area contributed by atoms with Crippen molar-refractivity contribution < 1.29 is 9.90 Å². The molecule has 0 fully saturated rings. The number of aromatic nitrogens is 3. The van der Waals surface area contributed by atoms with Crippen LogP contribution in [0.1, 0.15) is 27.3 Å². The molecule has 0 atom stereocenters. The quantitative estimate of drug-likeness (QED) is 0.489. The Labute approximate surface area is 175 Å². The van der Waals surface area contributed by atoms with Gasteiger partial charge in [0.1, 0.15) is 0 Å². The van der Waals surface area contributed by atoms with Crippen molar-refractivity contribution in [2.75, 3.05) is 0 Å². The molecular weight excluding hydrogens is 398 g/mol. The van der Waals surface area contributed by atoms with Gasteiger partial charge in [-0.3, -0.25) is 4.79 Å². The normalized spacial score (nSPS) is 12.3. The molecule has 6 nitrogen and oxygen atoms in total. The van der Waals surface area contributed by atoms with E-state index in [2.05, 4.69) is 9.55 Å². The largest absolute Gasteiger partial charge is 0.478 e. The molecule has 0 aliphatic heterocycles. The van der Waals surface area contributed by atoms with Gasteiger partial charge in [-0.15, -0.1) is 0 Å². The first-order chi connectivity index (χ1) is 14.4. The Bertz CT molecular complexity index is 1560. The monoisotopic (exact) mass is 415 g/mol. The van der Waals surface area contributed by atoms with Crippen LogP contribution in [-0.2, 0) is 0 Å². The van der Waals surface area contributed by atoms with Crippen LogP contribution in [0.2, 0.25) is 0 Å². The number of thiazole rings is 1. The number of benzene rings is 2. The molecular formula is C23H17N3O3S. The van der Waals surface area contributed by atoms with E-state index in [1.165, 1.54) is 11.3 Å². The summed E-state index contributed by atoms with van der Waals surface area (Å²) in [5.41, 5.74) is 5.61. The molecule has 0 spiro atoms. The molecule has 0 radical (unpaired) electrons. The van der Waals surface area contributed by atoms with Crippen molar-refractivity contribution in [3.05, 3.63) is 92.0 Å². The molecule has 30 heavy (non-hydrogen) atoms. The molecule has 0 bridgehead atoms. The summed E-state index contributed by atoms with van der Waals surface area (Å²) in [7, 11) is 0. The van der Waals surface area contributed by atoms with Crippen molar-refractivity contribution in [3.8, 4) is 5.69 Å². The number of hydrogen-bond donors (Lipinski definition) is 1. The molecule has 148 valence electrons. The van der Waals surface area contributed by atoms with Gasteiger partial charge in [0, 0.05) is 17.1 Å². The lowest BCUT2D eigenvalue weighted by molar-refractivity contribution is 0.0697. The highest BCUT2D eigenvalue weighted by molar-refractivity contribution is 7.15. The predicted molar refractivity (Wildman–Crippen MR) is 118 cm³/mol. The third-order valence-corrected chi connectivity index (χ3v) is 6.24. The average Bonchev–Trinajstić information content (AvgIpc) is 3.33. The summed E-state index contributed by atoms with van der Waals surface area (Å²) < 4.78 is 4.34. The molecule has 3 aromatic heterocycles. The molecule has 2 aromatic carbocycles. The molecule has 3 heterocycles. The van der Waals surface area contributed by atoms with Gasteiger partial charge in [-0.2, -0.15) is 0 Å². The van der Waals surface area contributed by atoms with E-state index < -0.39 is 5.97 Å². The maximum absolute atomic E-state index is 13.0. The Hall–Kier alpha value is -3.71. The van der Waals surface area contributed by atoms with Gasteiger partial charge in [-0.25, -0.2) is 14.2 Å². The standard InChI is InChI=1S/C23H17N3O3S/c1-13-11-16(14(2)25(13)17-9-7-15(8-10-17)22(28)29)12-20-21(27)26-19-6-4-3-5-18(19)24-23(26)30-20/h3-12H,1-2H3,(H,28,29)/b20-12+. The summed E-state index contributed by atoms with van der Waals surface area (Å²) >= 11 is 1.38. The Balaban J connectivity index is 1.64. The minimum Gasteiger partial charge on any atom is -0.478 e. The number of hydrogen-bond acceptors (Lipinski definition) is 4. The minimum atomic E-state index is -0.949. The first-order valence-corrected chi connectivity index (χ1v) is 10.2. The zero-order valence-corrected chi connectivity index (χ0v) is 17.1. The van der Waals surface area contributed by atoms with Crippen molar-refractivity contribution in [1.29, 1.82) is 0 Å². The Morgan fingerprint density at radius 2 is 1.83 bits per heavy atom. The molecule has 5 rings (SSSR count). The predicted octanol–water partition coefficient (Wildman–Crippen LogP) is 3.56. The van der Waals surface area contributed by atoms with E-state index in [4.69, 9.17) is 5.11 Å². The van der Waals surface area contributed by atoms with E-state index in [-0.39, 0.29) is 11.1 Å². The van der Waals surface area contributed by atoms with Crippen LogP contribution in [0, 0.1) is 13.8 Å². The molecule has 0 aliphatic carbocycles. The van der Waals surface area contributed by atoms with Gasteiger partial charge in [-0.05, 0) is 68.0 Å². The highest BCUT2D eigenvalue weighted by atomic mass is 32.1. The molecule has 0 unspecified atom stereocenters. The number of carboxylic acid groups (broad SMARTS) is 1. The van der Waals surface area contributed by atoms with Crippen LogP contribution in [0.5, 0.6) is 0 Å². The van der Waals surface area contributed by atoms with Crippen molar-refractivity contribution in [2.24, 2.45) is 0 Å². The van der Waals surface area contributed by atoms with Crippen molar-refractivity contribution in [1.82, 2.24) is 14.0 Å². The number of imidazole rings is 1. The van der Waals surface area contributed by atoms with Crippen LogP contribution in [0.3, 0.4) is 0 Å². The SMILES string of the molecule is Cc1cc(/C=c2/sc3nc4ccccc4n3c2=O)c(C)n1-c1ccc(C(=O)O)cc1. The summed E-state index contributed by atoms with van der Waals surface area (Å²) in [6.45, 7) is 3.98. The minimum absolute atomic E-state index is 0.0701. The molecule has 0 aliphatic rings. The summed E-state index contributed by atoms with van der Waals surface area (Å²) in [6, 6.07) is 16.4. The van der Waals surface area contributed by atoms with Crippen LogP contribution < -0.4 is 10.1 Å². The number of fused-ring (bicyclic) bond motifs is 3. The van der Waals surface area contributed by atoms with Gasteiger partial charge in [0.15, 0.2) is 4.96 Å². The maximum Gasteiger partial charge on any atom is 0.335 e. The third kappa shape index (κ3) is 2.74. The molecule has 0 saturated heterocycles. The van der Waals surface area contributed by atoms with Gasteiger partial charge in [-0.1, -0.05) is 23.5 Å². The molecule has 1 N–H and O–H groups in total. The van der Waals surface area contributed by atoms with E-state index in [0.29, 0.717) is 9.49 Å². The number of carbonyl (C=O) groups is 1. The number of carboxylic acids is 1. The fourth-order valence-electron chi connectivity index (χ4n) is 3.84. The first kappa shape index (κ1) is 18.3. The van der Waals surface area contributed by atoms with Gasteiger partial charge in [0.25, 0.3) is 5.56 Å². The van der Waals surface area contributed by atoms with Crippen molar-refractivity contribution in [3.63, 3.8) is 0 Å². The Morgan fingerprint density at radius 1 is 1.10 bits per heavy atom. The second kappa shape index (κ2) is 6.67. The molecule has 0 amide bonds. The van der Waals surface area contributed by atoms with Gasteiger partial charge in [0.2, 0.25) is 0 Å². The Morgan fingerprint density at radius 3 is 2.57 bits per heavy atom. The number of aryl methyl sites for hydroxylation is 1. The van der Waals surface area contributed by atoms with Crippen LogP contribution >= 0.6 is 11.3 Å². The average molecular weight is 415 g/mol. The lowest BCUT2D eigenvalue weighted by Gasteiger charge is -2.09. The summed E-state index contributed by atoms with van der Waals surface area (Å²) in [4.78, 5) is 29.4. The van der Waals surface area contributed by atoms with E-state index >= 15 is 0 Å². The third-order valence-electron chi connectivity index (χ3n) is 5.27. The maximum atomic E-state index is 13.0. The molecule has 0 saturated carbocycles. The van der Waals surface area contributed by atoms with E-state index in [9.17, 15) is 9.59 Å². The summed E-state index contributed by atoms with van der Waals surface area (Å²) in [5.74, 6) is -0.949. The molecule has 7 heteroatoms. The lowest BCUT2D eigenvalue weighted by Crippen LogP contribution is -2.22. The summed E-state index contributed by atoms with van der Waals surface area (Å²) in [6.07, 6.45) is 1.90. The van der Waals surface area contributed by atoms with Gasteiger partial charge in [0.05, 0.1) is 21.1 Å². The van der Waals surface area contributed by atoms with E-state index in [1.54, 1.807) is 28.7 Å². The number of nitrogens with zero attached hydrogens (tertiary/aromatic N) is 3. The Kier molecular flexibility index (Phi) is 4.08. The van der Waals surface area contributed by atoms with E-state index in [0.717, 1.165) is 33.7 Å². The highest BCUT2D eigenvalue weighted by Gasteiger charge is 2.13. The lowest BCUT2D eigenvalue weighted by atomic mass is 10.2. The zero-order valence-electron chi connectivity index (χ0n) is 16.3. The second-order valence-corrected chi connectivity index (χ2v) is 8.16. The topological polar surface area (TPSA) is 76.6 Å². The van der Waals surface area contributed by atoms with Crippen molar-refractivity contribution >= 4 is 39.4 Å². The van der Waals surface area contributed by atoms with Crippen LogP contribution in [-0.4, -0.2) is 25.0 Å². The van der Waals surface area contributed by atoms with Crippen LogP contribution in [0.15, 0.2) is 59.4 Å². The van der Waals surface area contributed by atoms with Crippen molar-refractivity contribution in [2.45, 2.75) is 13.8 Å². The fourth-order valence-corrected chi connectivity index (χ4v) is 4.82. The zero-order chi connectivity index (χ0) is 21.0. The smallest absolute Gasteiger partial charge is 0.335 e. The fraction of sp³-hybridized carbons (Fsp3) is 0.0870. The van der Waals surface area contributed by atoms with Gasteiger partial charge >= 0.3 is 5.97 Å². The van der Waals surface area contributed by atoms with E-state index in [1.807, 2.05) is 50.3 Å². The highest BCUT2D eigenvalue weighted by Crippen LogP contribution is 2.22.